The summed E-state index contributed by atoms with van der Waals surface area (Å²) in [6, 6.07) is 0. The van der Waals surface area contributed by atoms with Crippen molar-refractivity contribution in [3.05, 3.63) is 11.6 Å². The predicted molar refractivity (Wildman–Crippen MR) is 68.2 cm³/mol. The Balaban J connectivity index is 2.22. The van der Waals surface area contributed by atoms with Gasteiger partial charge < -0.3 is 5.32 Å². The van der Waals surface area contributed by atoms with Gasteiger partial charge in [-0.1, -0.05) is 18.6 Å². The van der Waals surface area contributed by atoms with Crippen LogP contribution in [-0.4, -0.2) is 33.5 Å². The van der Waals surface area contributed by atoms with Crippen LogP contribution in [0.2, 0.25) is 0 Å². The smallest absolute Gasteiger partial charge is 0.148 e. The van der Waals surface area contributed by atoms with Crippen molar-refractivity contribution in [3.63, 3.8) is 0 Å². The Hall–Kier alpha value is -0.350. The number of allylic oxidation sites excluding steroid dienone is 2. The van der Waals surface area contributed by atoms with E-state index in [-0.39, 0.29) is 5.75 Å². The first-order valence-corrected chi connectivity index (χ1v) is 7.98. The summed E-state index contributed by atoms with van der Waals surface area (Å²) in [4.78, 5) is 0. The molecular formula is C12H23NO2S. The summed E-state index contributed by atoms with van der Waals surface area (Å²) < 4.78 is 21.9. The third-order valence-electron chi connectivity index (χ3n) is 2.97. The van der Waals surface area contributed by atoms with Crippen molar-refractivity contribution >= 4 is 9.84 Å². The Morgan fingerprint density at radius 1 is 1.50 bits per heavy atom. The minimum absolute atomic E-state index is 0.240. The maximum absolute atomic E-state index is 10.9. The van der Waals surface area contributed by atoms with Crippen LogP contribution in [-0.2, 0) is 9.84 Å². The van der Waals surface area contributed by atoms with E-state index in [9.17, 15) is 8.42 Å². The minimum Gasteiger partial charge on any atom is -0.315 e. The van der Waals surface area contributed by atoms with E-state index < -0.39 is 9.84 Å². The van der Waals surface area contributed by atoms with Crippen LogP contribution in [0.3, 0.4) is 0 Å². The molecule has 0 aromatic rings. The molecule has 0 amide bonds. The van der Waals surface area contributed by atoms with Gasteiger partial charge in [-0.2, -0.15) is 0 Å². The van der Waals surface area contributed by atoms with Crippen molar-refractivity contribution in [1.29, 1.82) is 0 Å². The quantitative estimate of drug-likeness (QED) is 0.591. The maximum atomic E-state index is 10.9. The highest BCUT2D eigenvalue weighted by Gasteiger charge is 2.17. The molecule has 0 radical (unpaired) electrons. The molecule has 0 heterocycles. The topological polar surface area (TPSA) is 46.2 Å². The SMILES string of the molecule is CC1=CC(C)CC(CNCCS(C)(=O)=O)C1. The molecule has 1 N–H and O–H groups in total. The molecule has 1 aliphatic rings. The molecule has 0 aromatic heterocycles. The molecule has 3 nitrogen and oxygen atoms in total. The van der Waals surface area contributed by atoms with Crippen LogP contribution in [0.15, 0.2) is 11.6 Å². The van der Waals surface area contributed by atoms with E-state index >= 15 is 0 Å². The van der Waals surface area contributed by atoms with E-state index in [0.717, 1.165) is 13.0 Å². The van der Waals surface area contributed by atoms with Crippen molar-refractivity contribution in [1.82, 2.24) is 5.32 Å². The third kappa shape index (κ3) is 5.66. The van der Waals surface area contributed by atoms with Gasteiger partial charge in [0.1, 0.15) is 9.84 Å². The standard InChI is InChI=1S/C12H23NO2S/c1-10-6-11(2)8-12(7-10)9-13-4-5-16(3,14)15/h6,10,12-13H,4-5,7-9H2,1-3H3. The van der Waals surface area contributed by atoms with Gasteiger partial charge in [0.15, 0.2) is 0 Å². The van der Waals surface area contributed by atoms with Gasteiger partial charge in [0, 0.05) is 12.8 Å². The van der Waals surface area contributed by atoms with Crippen molar-refractivity contribution in [2.45, 2.75) is 26.7 Å². The van der Waals surface area contributed by atoms with Crippen LogP contribution >= 0.6 is 0 Å². The van der Waals surface area contributed by atoms with Gasteiger partial charge in [0.2, 0.25) is 0 Å². The summed E-state index contributed by atoms with van der Waals surface area (Å²) in [6.45, 7) is 5.93. The van der Waals surface area contributed by atoms with Gasteiger partial charge in [-0.05, 0) is 38.1 Å². The lowest BCUT2D eigenvalue weighted by atomic mass is 9.84. The molecule has 0 fully saturated rings. The number of hydrogen-bond acceptors (Lipinski definition) is 3. The van der Waals surface area contributed by atoms with Crippen LogP contribution < -0.4 is 5.32 Å². The fraction of sp³-hybridized carbons (Fsp3) is 0.833. The lowest BCUT2D eigenvalue weighted by Crippen LogP contribution is -2.29. The van der Waals surface area contributed by atoms with E-state index in [0.29, 0.717) is 18.4 Å². The molecule has 1 rings (SSSR count). The molecule has 4 heteroatoms. The Kier molecular flexibility index (Phi) is 4.99. The summed E-state index contributed by atoms with van der Waals surface area (Å²) in [6.07, 6.45) is 5.98. The second-order valence-corrected chi connectivity index (χ2v) is 7.39. The average molecular weight is 245 g/mol. The van der Waals surface area contributed by atoms with Crippen LogP contribution in [0.4, 0.5) is 0 Å². The van der Waals surface area contributed by atoms with E-state index in [1.54, 1.807) is 0 Å². The largest absolute Gasteiger partial charge is 0.315 e. The molecular weight excluding hydrogens is 222 g/mol. The first-order chi connectivity index (χ1) is 7.37. The van der Waals surface area contributed by atoms with Gasteiger partial charge in [-0.15, -0.1) is 0 Å². The van der Waals surface area contributed by atoms with E-state index in [4.69, 9.17) is 0 Å². The first kappa shape index (κ1) is 13.7. The van der Waals surface area contributed by atoms with E-state index in [2.05, 4.69) is 25.2 Å². The molecule has 0 saturated carbocycles. The second kappa shape index (κ2) is 5.82. The highest BCUT2D eigenvalue weighted by molar-refractivity contribution is 7.90. The zero-order valence-electron chi connectivity index (χ0n) is 10.5. The molecule has 16 heavy (non-hydrogen) atoms. The lowest BCUT2D eigenvalue weighted by Gasteiger charge is -2.25. The summed E-state index contributed by atoms with van der Waals surface area (Å²) >= 11 is 0. The molecule has 0 aromatic carbocycles. The van der Waals surface area contributed by atoms with Crippen molar-refractivity contribution < 1.29 is 8.42 Å². The molecule has 2 unspecified atom stereocenters. The zero-order valence-corrected chi connectivity index (χ0v) is 11.3. The van der Waals surface area contributed by atoms with Gasteiger partial charge in [0.05, 0.1) is 5.75 Å². The van der Waals surface area contributed by atoms with Crippen LogP contribution in [0.5, 0.6) is 0 Å². The number of nitrogens with one attached hydrogen (secondary N) is 1. The first-order valence-electron chi connectivity index (χ1n) is 5.92. The summed E-state index contributed by atoms with van der Waals surface area (Å²) in [5.74, 6) is 1.57. The predicted octanol–water partition coefficient (Wildman–Crippen LogP) is 1.61. The Morgan fingerprint density at radius 2 is 2.19 bits per heavy atom. The fourth-order valence-corrected chi connectivity index (χ4v) is 2.92. The number of sulfone groups is 1. The van der Waals surface area contributed by atoms with E-state index in [1.807, 2.05) is 0 Å². The van der Waals surface area contributed by atoms with Crippen molar-refractivity contribution in [3.8, 4) is 0 Å². The third-order valence-corrected chi connectivity index (χ3v) is 3.91. The summed E-state index contributed by atoms with van der Waals surface area (Å²) in [5.41, 5.74) is 1.47. The Labute approximate surface area is 99.2 Å². The fourth-order valence-electron chi connectivity index (χ4n) is 2.41. The van der Waals surface area contributed by atoms with Gasteiger partial charge in [0.25, 0.3) is 0 Å². The Bertz CT molecular complexity index is 346. The van der Waals surface area contributed by atoms with Crippen LogP contribution in [0, 0.1) is 11.8 Å². The highest BCUT2D eigenvalue weighted by atomic mass is 32.2. The van der Waals surface area contributed by atoms with Gasteiger partial charge in [-0.3, -0.25) is 0 Å². The normalized spacial score (nSPS) is 26.6. The molecule has 0 bridgehead atoms. The van der Waals surface area contributed by atoms with Crippen LogP contribution in [0.1, 0.15) is 26.7 Å². The lowest BCUT2D eigenvalue weighted by molar-refractivity contribution is 0.385. The Morgan fingerprint density at radius 3 is 2.75 bits per heavy atom. The monoisotopic (exact) mass is 245 g/mol. The average Bonchev–Trinajstić information content (AvgIpc) is 2.09. The van der Waals surface area contributed by atoms with Crippen LogP contribution in [0.25, 0.3) is 0 Å². The number of rotatable bonds is 5. The summed E-state index contributed by atoms with van der Waals surface area (Å²) in [5, 5.41) is 3.25. The number of hydrogen-bond donors (Lipinski definition) is 1. The molecule has 0 aliphatic heterocycles. The molecule has 1 aliphatic carbocycles. The summed E-state index contributed by atoms with van der Waals surface area (Å²) in [7, 11) is -2.82. The minimum atomic E-state index is -2.82. The highest BCUT2D eigenvalue weighted by Crippen LogP contribution is 2.26. The zero-order chi connectivity index (χ0) is 12.2. The molecule has 0 saturated heterocycles. The molecule has 2 atom stereocenters. The second-order valence-electron chi connectivity index (χ2n) is 5.13. The van der Waals surface area contributed by atoms with Crippen molar-refractivity contribution in [2.24, 2.45) is 11.8 Å². The van der Waals surface area contributed by atoms with E-state index in [1.165, 1.54) is 18.2 Å². The molecule has 0 spiro atoms. The van der Waals surface area contributed by atoms with Crippen molar-refractivity contribution in [2.75, 3.05) is 25.1 Å². The molecule has 94 valence electrons. The van der Waals surface area contributed by atoms with Gasteiger partial charge in [-0.25, -0.2) is 8.42 Å². The van der Waals surface area contributed by atoms with Gasteiger partial charge >= 0.3 is 0 Å². The maximum Gasteiger partial charge on any atom is 0.148 e.